The Morgan fingerprint density at radius 3 is 2.77 bits per heavy atom. The summed E-state index contributed by atoms with van der Waals surface area (Å²) < 4.78 is 52.0. The van der Waals surface area contributed by atoms with Gasteiger partial charge in [-0.2, -0.15) is 12.7 Å². The summed E-state index contributed by atoms with van der Waals surface area (Å²) in [6.45, 7) is 2.44. The summed E-state index contributed by atoms with van der Waals surface area (Å²) in [5.74, 6) is 0.250. The normalized spacial score (nSPS) is 27.9. The highest BCUT2D eigenvalue weighted by Crippen LogP contribution is 2.44. The molecule has 8 nitrogen and oxygen atoms in total. The van der Waals surface area contributed by atoms with E-state index in [1.165, 1.54) is 11.1 Å². The number of hydrogen-bond acceptors (Lipinski definition) is 5. The third kappa shape index (κ3) is 4.85. The van der Waals surface area contributed by atoms with Crippen LogP contribution < -0.4 is 9.86 Å². The molecule has 2 saturated heterocycles. The molecule has 0 saturated carbocycles. The molecule has 3 aliphatic rings. The molecule has 0 unspecified atom stereocenters. The van der Waals surface area contributed by atoms with E-state index in [0.29, 0.717) is 12.5 Å². The molecule has 1 aromatic carbocycles. The van der Waals surface area contributed by atoms with E-state index in [2.05, 4.69) is 15.7 Å². The summed E-state index contributed by atoms with van der Waals surface area (Å²) >= 11 is 6.18. The fourth-order valence-electron chi connectivity index (χ4n) is 5.31. The van der Waals surface area contributed by atoms with Crippen LogP contribution in [-0.2, 0) is 26.7 Å². The van der Waals surface area contributed by atoms with Crippen LogP contribution in [0.3, 0.4) is 0 Å². The van der Waals surface area contributed by atoms with E-state index in [1.54, 1.807) is 4.31 Å². The van der Waals surface area contributed by atoms with Gasteiger partial charge in [-0.1, -0.05) is 17.7 Å². The van der Waals surface area contributed by atoms with Crippen LogP contribution in [0.25, 0.3) is 0 Å². The average molecular weight is 477 g/mol. The third-order valence-electron chi connectivity index (χ3n) is 6.61. The molecule has 3 atom stereocenters. The SMILES string of the molecule is NS(=O)(=O)NCCCS(=O)(=O)N1CCC[C@H]2CN3CCc4cc(Cl)ccc4[C@@H]3C[C@H]21. The van der Waals surface area contributed by atoms with Gasteiger partial charge in [-0.25, -0.2) is 18.3 Å². The molecule has 1 aromatic rings. The number of nitrogens with one attached hydrogen (secondary N) is 1. The topological polar surface area (TPSA) is 113 Å². The van der Waals surface area contributed by atoms with Crippen LogP contribution >= 0.6 is 11.6 Å². The predicted molar refractivity (Wildman–Crippen MR) is 117 cm³/mol. The molecule has 0 aromatic heterocycles. The van der Waals surface area contributed by atoms with Crippen LogP contribution in [0, 0.1) is 5.92 Å². The largest absolute Gasteiger partial charge is 0.296 e. The van der Waals surface area contributed by atoms with Gasteiger partial charge in [0.2, 0.25) is 10.0 Å². The van der Waals surface area contributed by atoms with Crippen LogP contribution in [-0.4, -0.2) is 64.0 Å². The molecular formula is C19H29ClN4O4S2. The fourth-order valence-corrected chi connectivity index (χ4v) is 7.76. The monoisotopic (exact) mass is 476 g/mol. The van der Waals surface area contributed by atoms with Crippen molar-refractivity contribution >= 4 is 31.8 Å². The number of fused-ring (bicyclic) bond motifs is 4. The molecule has 30 heavy (non-hydrogen) atoms. The Balaban J connectivity index is 1.49. The smallest absolute Gasteiger partial charge is 0.274 e. The van der Waals surface area contributed by atoms with Gasteiger partial charge in [-0.05, 0) is 61.3 Å². The molecule has 11 heteroatoms. The van der Waals surface area contributed by atoms with E-state index in [4.69, 9.17) is 16.7 Å². The zero-order chi connectivity index (χ0) is 21.5. The molecule has 3 heterocycles. The number of halogens is 1. The van der Waals surface area contributed by atoms with Gasteiger partial charge in [-0.15, -0.1) is 0 Å². The van der Waals surface area contributed by atoms with Crippen LogP contribution in [0.4, 0.5) is 0 Å². The van der Waals surface area contributed by atoms with Crippen LogP contribution in [0.1, 0.15) is 42.9 Å². The van der Waals surface area contributed by atoms with Crippen molar-refractivity contribution in [3.8, 4) is 0 Å². The lowest BCUT2D eigenvalue weighted by Gasteiger charge is -2.51. The Hall–Kier alpha value is -0.750. The van der Waals surface area contributed by atoms with Crippen molar-refractivity contribution < 1.29 is 16.8 Å². The Labute approximate surface area is 184 Å². The van der Waals surface area contributed by atoms with E-state index < -0.39 is 20.2 Å². The number of sulfonamides is 1. The number of benzene rings is 1. The first-order valence-electron chi connectivity index (χ1n) is 10.4. The minimum atomic E-state index is -3.80. The van der Waals surface area contributed by atoms with Gasteiger partial charge in [0.15, 0.2) is 0 Å². The Morgan fingerprint density at radius 2 is 2.00 bits per heavy atom. The zero-order valence-electron chi connectivity index (χ0n) is 16.8. The lowest BCUT2D eigenvalue weighted by molar-refractivity contribution is 0.0220. The van der Waals surface area contributed by atoms with Crippen molar-refractivity contribution in [2.75, 3.05) is 31.9 Å². The lowest BCUT2D eigenvalue weighted by Crippen LogP contribution is -2.57. The molecule has 0 amide bonds. The first-order valence-corrected chi connectivity index (χ1v) is 14.0. The second kappa shape index (κ2) is 8.65. The van der Waals surface area contributed by atoms with Crippen LogP contribution in [0.2, 0.25) is 5.02 Å². The van der Waals surface area contributed by atoms with E-state index >= 15 is 0 Å². The molecule has 0 radical (unpaired) electrons. The van der Waals surface area contributed by atoms with Crippen molar-refractivity contribution in [2.45, 2.75) is 44.2 Å². The molecule has 0 bridgehead atoms. The number of hydrogen-bond donors (Lipinski definition) is 2. The van der Waals surface area contributed by atoms with Crippen molar-refractivity contribution in [2.24, 2.45) is 11.1 Å². The van der Waals surface area contributed by atoms with Crippen molar-refractivity contribution in [1.29, 1.82) is 0 Å². The fraction of sp³-hybridized carbons (Fsp3) is 0.684. The zero-order valence-corrected chi connectivity index (χ0v) is 19.2. The maximum absolute atomic E-state index is 13.1. The first kappa shape index (κ1) is 22.4. The molecular weight excluding hydrogens is 448 g/mol. The standard InChI is InChI=1S/C19H29ClN4O4S2/c20-16-4-5-17-14(11-16)6-9-23-13-15-3-1-8-24(18(15)12-19(17)23)29(25,26)10-2-7-22-30(21,27)28/h4-5,11,15,18-19,22H,1-3,6-10,12-13H2,(H2,21,27,28)/t15-,18+,19-/m0/s1. The molecule has 0 spiro atoms. The number of nitrogens with two attached hydrogens (primary N) is 1. The highest BCUT2D eigenvalue weighted by Gasteiger charge is 2.45. The van der Waals surface area contributed by atoms with E-state index in [-0.39, 0.29) is 30.8 Å². The summed E-state index contributed by atoms with van der Waals surface area (Å²) in [7, 11) is -7.28. The summed E-state index contributed by atoms with van der Waals surface area (Å²) in [5, 5.41) is 5.66. The Bertz CT molecular complexity index is 1000. The Kier molecular flexibility index (Phi) is 6.47. The van der Waals surface area contributed by atoms with Crippen molar-refractivity contribution in [3.05, 3.63) is 34.3 Å². The molecule has 2 fully saturated rings. The molecule has 0 aliphatic carbocycles. The molecule has 3 N–H and O–H groups in total. The summed E-state index contributed by atoms with van der Waals surface area (Å²) in [6.07, 6.45) is 3.86. The van der Waals surface area contributed by atoms with Gasteiger partial charge in [0.05, 0.1) is 5.75 Å². The van der Waals surface area contributed by atoms with E-state index in [1.807, 2.05) is 12.1 Å². The maximum atomic E-state index is 13.1. The van der Waals surface area contributed by atoms with Gasteiger partial charge in [0, 0.05) is 43.3 Å². The third-order valence-corrected chi connectivity index (χ3v) is 9.43. The minimum Gasteiger partial charge on any atom is -0.296 e. The van der Waals surface area contributed by atoms with Gasteiger partial charge < -0.3 is 0 Å². The van der Waals surface area contributed by atoms with Crippen molar-refractivity contribution in [3.63, 3.8) is 0 Å². The van der Waals surface area contributed by atoms with Gasteiger partial charge in [0.1, 0.15) is 0 Å². The Morgan fingerprint density at radius 1 is 1.20 bits per heavy atom. The predicted octanol–water partition coefficient (Wildman–Crippen LogP) is 1.24. The number of nitrogens with zero attached hydrogens (tertiary/aromatic N) is 2. The van der Waals surface area contributed by atoms with Crippen LogP contribution in [0.15, 0.2) is 18.2 Å². The van der Waals surface area contributed by atoms with Gasteiger partial charge in [0.25, 0.3) is 10.2 Å². The average Bonchev–Trinajstić information content (AvgIpc) is 2.68. The van der Waals surface area contributed by atoms with Crippen molar-refractivity contribution in [1.82, 2.24) is 13.9 Å². The summed E-state index contributed by atoms with van der Waals surface area (Å²) in [6, 6.07) is 6.25. The minimum absolute atomic E-state index is 0.0159. The second-order valence-electron chi connectivity index (χ2n) is 8.53. The maximum Gasteiger partial charge on any atom is 0.274 e. The number of piperidine rings is 2. The molecule has 168 valence electrons. The van der Waals surface area contributed by atoms with Crippen LogP contribution in [0.5, 0.6) is 0 Å². The molecule has 4 rings (SSSR count). The molecule has 3 aliphatic heterocycles. The number of rotatable bonds is 6. The quantitative estimate of drug-likeness (QED) is 0.600. The second-order valence-corrected chi connectivity index (χ2v) is 12.4. The summed E-state index contributed by atoms with van der Waals surface area (Å²) in [4.78, 5) is 2.50. The van der Waals surface area contributed by atoms with Gasteiger partial charge in [-0.3, -0.25) is 4.90 Å². The first-order chi connectivity index (χ1) is 14.1. The highest BCUT2D eigenvalue weighted by atomic mass is 35.5. The van der Waals surface area contributed by atoms with Gasteiger partial charge >= 0.3 is 0 Å². The lowest BCUT2D eigenvalue weighted by atomic mass is 9.77. The van der Waals surface area contributed by atoms with E-state index in [9.17, 15) is 16.8 Å². The summed E-state index contributed by atoms with van der Waals surface area (Å²) in [5.41, 5.74) is 2.53. The highest BCUT2D eigenvalue weighted by molar-refractivity contribution is 7.89. The van der Waals surface area contributed by atoms with E-state index in [0.717, 1.165) is 43.8 Å².